The number of tetrazole rings is 1. The summed E-state index contributed by atoms with van der Waals surface area (Å²) in [6.45, 7) is 3.97. The van der Waals surface area contributed by atoms with E-state index in [-0.39, 0.29) is 30.7 Å². The van der Waals surface area contributed by atoms with E-state index in [0.717, 1.165) is 12.8 Å². The molecule has 1 saturated carbocycles. The van der Waals surface area contributed by atoms with Gasteiger partial charge in [0.05, 0.1) is 18.2 Å². The molecule has 9 heteroatoms. The zero-order valence-corrected chi connectivity index (χ0v) is 12.9. The molecule has 1 N–H and O–H groups in total. The van der Waals surface area contributed by atoms with Crippen LogP contribution >= 0.6 is 11.8 Å². The van der Waals surface area contributed by atoms with Gasteiger partial charge in [0.1, 0.15) is 0 Å². The number of carbonyl (C=O) groups is 2. The number of hydrogen-bond donors (Lipinski definition) is 1. The Morgan fingerprint density at radius 1 is 1.48 bits per heavy atom. The zero-order chi connectivity index (χ0) is 15.4. The van der Waals surface area contributed by atoms with E-state index in [4.69, 9.17) is 5.11 Å². The highest BCUT2D eigenvalue weighted by Gasteiger charge is 2.28. The molecule has 0 unspecified atom stereocenters. The van der Waals surface area contributed by atoms with Crippen LogP contribution in [0, 0.1) is 0 Å². The number of amides is 1. The molecule has 1 aromatic heterocycles. The van der Waals surface area contributed by atoms with Crippen molar-refractivity contribution in [1.29, 1.82) is 0 Å². The van der Waals surface area contributed by atoms with Gasteiger partial charge in [-0.05, 0) is 37.1 Å². The second-order valence-electron chi connectivity index (χ2n) is 5.25. The van der Waals surface area contributed by atoms with Crippen LogP contribution in [0.4, 0.5) is 0 Å². The van der Waals surface area contributed by atoms with Gasteiger partial charge in [-0.25, -0.2) is 4.68 Å². The van der Waals surface area contributed by atoms with Crippen molar-refractivity contribution >= 4 is 23.6 Å². The summed E-state index contributed by atoms with van der Waals surface area (Å²) in [7, 11) is 0. The maximum Gasteiger partial charge on any atom is 0.305 e. The normalized spacial score (nSPS) is 14.4. The zero-order valence-electron chi connectivity index (χ0n) is 12.1. The van der Waals surface area contributed by atoms with Crippen molar-refractivity contribution in [2.75, 3.05) is 12.3 Å². The summed E-state index contributed by atoms with van der Waals surface area (Å²) >= 11 is 1.30. The first-order chi connectivity index (χ1) is 9.99. The summed E-state index contributed by atoms with van der Waals surface area (Å²) in [5.41, 5.74) is 0. The van der Waals surface area contributed by atoms with Crippen LogP contribution in [0.3, 0.4) is 0 Å². The van der Waals surface area contributed by atoms with Crippen molar-refractivity contribution < 1.29 is 14.7 Å². The molecule has 2 rings (SSSR count). The predicted molar refractivity (Wildman–Crippen MR) is 75.9 cm³/mol. The number of hydrogen-bond acceptors (Lipinski definition) is 6. The SMILES string of the molecule is CC(C)N(CCC(=O)O)C(=O)CSc1nnnn1C1CC1. The van der Waals surface area contributed by atoms with Crippen LogP contribution < -0.4 is 0 Å². The lowest BCUT2D eigenvalue weighted by Gasteiger charge is -2.25. The molecule has 1 heterocycles. The van der Waals surface area contributed by atoms with Crippen molar-refractivity contribution in [2.24, 2.45) is 0 Å². The average Bonchev–Trinajstić information content (AvgIpc) is 3.14. The number of thioether (sulfide) groups is 1. The first-order valence-electron chi connectivity index (χ1n) is 6.91. The molecule has 1 aliphatic carbocycles. The molecule has 0 aliphatic heterocycles. The lowest BCUT2D eigenvalue weighted by molar-refractivity contribution is -0.138. The Morgan fingerprint density at radius 3 is 2.76 bits per heavy atom. The van der Waals surface area contributed by atoms with E-state index >= 15 is 0 Å². The van der Waals surface area contributed by atoms with Gasteiger partial charge in [-0.3, -0.25) is 9.59 Å². The largest absolute Gasteiger partial charge is 0.481 e. The van der Waals surface area contributed by atoms with Gasteiger partial charge in [0, 0.05) is 12.6 Å². The molecule has 1 amide bonds. The van der Waals surface area contributed by atoms with Crippen LogP contribution in [-0.4, -0.2) is 60.4 Å². The number of rotatable bonds is 8. The van der Waals surface area contributed by atoms with Crippen LogP contribution in [0.2, 0.25) is 0 Å². The fourth-order valence-electron chi connectivity index (χ4n) is 1.92. The maximum absolute atomic E-state index is 12.2. The first kappa shape index (κ1) is 15.7. The Labute approximate surface area is 126 Å². The number of carbonyl (C=O) groups excluding carboxylic acids is 1. The van der Waals surface area contributed by atoms with Crippen molar-refractivity contribution in [3.63, 3.8) is 0 Å². The highest BCUT2D eigenvalue weighted by atomic mass is 32.2. The van der Waals surface area contributed by atoms with Crippen LogP contribution in [0.15, 0.2) is 5.16 Å². The number of carboxylic acid groups (broad SMARTS) is 1. The molecule has 0 spiro atoms. The molecule has 1 aromatic rings. The van der Waals surface area contributed by atoms with E-state index in [1.165, 1.54) is 11.8 Å². The summed E-state index contributed by atoms with van der Waals surface area (Å²) in [4.78, 5) is 24.4. The fraction of sp³-hybridized carbons (Fsp3) is 0.750. The third-order valence-electron chi connectivity index (χ3n) is 3.19. The number of carboxylic acids is 1. The molecule has 0 radical (unpaired) electrons. The summed E-state index contributed by atoms with van der Waals surface area (Å²) in [5, 5.41) is 20.9. The van der Waals surface area contributed by atoms with E-state index in [2.05, 4.69) is 15.5 Å². The quantitative estimate of drug-likeness (QED) is 0.709. The van der Waals surface area contributed by atoms with Gasteiger partial charge in [0.2, 0.25) is 11.1 Å². The Kier molecular flexibility index (Phi) is 5.16. The highest BCUT2D eigenvalue weighted by molar-refractivity contribution is 7.99. The number of aromatic nitrogens is 4. The Bertz CT molecular complexity index is 515. The molecule has 21 heavy (non-hydrogen) atoms. The summed E-state index contributed by atoms with van der Waals surface area (Å²) < 4.78 is 1.76. The maximum atomic E-state index is 12.2. The van der Waals surface area contributed by atoms with Gasteiger partial charge in [0.15, 0.2) is 0 Å². The van der Waals surface area contributed by atoms with Gasteiger partial charge < -0.3 is 10.0 Å². The van der Waals surface area contributed by atoms with Gasteiger partial charge in [-0.2, -0.15) is 0 Å². The van der Waals surface area contributed by atoms with Gasteiger partial charge >= 0.3 is 5.97 Å². The minimum atomic E-state index is -0.904. The predicted octanol–water partition coefficient (Wildman–Crippen LogP) is 0.812. The molecule has 0 saturated heterocycles. The summed E-state index contributed by atoms with van der Waals surface area (Å²) in [6, 6.07) is 0.336. The van der Waals surface area contributed by atoms with Crippen LogP contribution in [0.1, 0.15) is 39.2 Å². The molecular formula is C12H19N5O3S. The second kappa shape index (κ2) is 6.88. The summed E-state index contributed by atoms with van der Waals surface area (Å²) in [5.74, 6) is -0.786. The first-order valence-corrected chi connectivity index (χ1v) is 7.89. The summed E-state index contributed by atoms with van der Waals surface area (Å²) in [6.07, 6.45) is 2.10. The van der Waals surface area contributed by atoms with E-state index in [1.54, 1.807) is 9.58 Å². The molecule has 0 aromatic carbocycles. The lowest BCUT2D eigenvalue weighted by Crippen LogP contribution is -2.39. The third kappa shape index (κ3) is 4.42. The van der Waals surface area contributed by atoms with Crippen LogP contribution in [0.25, 0.3) is 0 Å². The van der Waals surface area contributed by atoms with Crippen LogP contribution in [-0.2, 0) is 9.59 Å². The molecule has 0 atom stereocenters. The topological polar surface area (TPSA) is 101 Å². The van der Waals surface area contributed by atoms with Gasteiger partial charge in [0.25, 0.3) is 0 Å². The Balaban J connectivity index is 1.89. The van der Waals surface area contributed by atoms with Crippen LogP contribution in [0.5, 0.6) is 0 Å². The smallest absolute Gasteiger partial charge is 0.305 e. The van der Waals surface area contributed by atoms with Gasteiger partial charge in [-0.1, -0.05) is 11.8 Å². The monoisotopic (exact) mass is 313 g/mol. The minimum absolute atomic E-state index is 0.0307. The lowest BCUT2D eigenvalue weighted by atomic mass is 10.3. The standard InChI is InChI=1S/C12H19N5O3S/c1-8(2)16(6-5-11(19)20)10(18)7-21-12-13-14-15-17(12)9-3-4-9/h8-9H,3-7H2,1-2H3,(H,19,20). The average molecular weight is 313 g/mol. The third-order valence-corrected chi connectivity index (χ3v) is 4.11. The van der Waals surface area contributed by atoms with E-state index in [0.29, 0.717) is 11.2 Å². The Hall–Kier alpha value is -1.64. The molecule has 116 valence electrons. The van der Waals surface area contributed by atoms with E-state index in [1.807, 2.05) is 13.8 Å². The van der Waals surface area contributed by atoms with E-state index < -0.39 is 5.97 Å². The minimum Gasteiger partial charge on any atom is -0.481 e. The molecular weight excluding hydrogens is 294 g/mol. The van der Waals surface area contributed by atoms with E-state index in [9.17, 15) is 9.59 Å². The second-order valence-corrected chi connectivity index (χ2v) is 6.19. The van der Waals surface area contributed by atoms with Gasteiger partial charge in [-0.15, -0.1) is 5.10 Å². The highest BCUT2D eigenvalue weighted by Crippen LogP contribution is 2.36. The van der Waals surface area contributed by atoms with Crippen molar-refractivity contribution in [3.8, 4) is 0 Å². The molecule has 8 nitrogen and oxygen atoms in total. The van der Waals surface area contributed by atoms with Crippen molar-refractivity contribution in [2.45, 2.75) is 50.4 Å². The number of nitrogens with zero attached hydrogens (tertiary/aromatic N) is 5. The Morgan fingerprint density at radius 2 is 2.19 bits per heavy atom. The van der Waals surface area contributed by atoms with Crippen molar-refractivity contribution in [3.05, 3.63) is 0 Å². The molecule has 1 fully saturated rings. The van der Waals surface area contributed by atoms with Crippen molar-refractivity contribution in [1.82, 2.24) is 25.1 Å². The molecule has 1 aliphatic rings. The number of aliphatic carboxylic acids is 1. The molecule has 0 bridgehead atoms. The fourth-order valence-corrected chi connectivity index (χ4v) is 2.76.